The van der Waals surface area contributed by atoms with Crippen molar-refractivity contribution in [2.24, 2.45) is 0 Å². The van der Waals surface area contributed by atoms with Crippen LogP contribution in [0.25, 0.3) is 0 Å². The van der Waals surface area contributed by atoms with Gasteiger partial charge in [-0.15, -0.1) is 0 Å². The predicted octanol–water partition coefficient (Wildman–Crippen LogP) is 1.17. The van der Waals surface area contributed by atoms with Crippen LogP contribution in [0.4, 0.5) is 0 Å². The van der Waals surface area contributed by atoms with Crippen molar-refractivity contribution in [3.8, 4) is 0 Å². The van der Waals surface area contributed by atoms with Crippen molar-refractivity contribution >= 4 is 5.91 Å². The number of nitrogens with one attached hydrogen (secondary N) is 1. The number of hydrogen-bond donors (Lipinski definition) is 1. The second-order valence-electron chi connectivity index (χ2n) is 4.23. The number of carbonyl (C=O) groups excluding carboxylic acids is 1. The molecular formula is C14H22N2O2. The third-order valence-electron chi connectivity index (χ3n) is 2.87. The minimum atomic E-state index is 0.0544. The maximum Gasteiger partial charge on any atom is 0.253 e. The van der Waals surface area contributed by atoms with Crippen LogP contribution in [0.5, 0.6) is 0 Å². The lowest BCUT2D eigenvalue weighted by Crippen LogP contribution is -2.30. The molecule has 4 nitrogen and oxygen atoms in total. The van der Waals surface area contributed by atoms with E-state index in [1.54, 1.807) is 19.1 Å². The van der Waals surface area contributed by atoms with Crippen LogP contribution in [0.1, 0.15) is 15.9 Å². The van der Waals surface area contributed by atoms with E-state index in [1.807, 2.05) is 31.3 Å². The number of ether oxygens (including phenoxy) is 1. The topological polar surface area (TPSA) is 41.6 Å². The number of methoxy groups -OCH3 is 1. The molecule has 0 unspecified atom stereocenters. The second-order valence-corrected chi connectivity index (χ2v) is 4.23. The quantitative estimate of drug-likeness (QED) is 0.790. The van der Waals surface area contributed by atoms with Crippen LogP contribution in [-0.4, -0.2) is 51.7 Å². The Morgan fingerprint density at radius 2 is 2.11 bits per heavy atom. The average molecular weight is 250 g/mol. The molecule has 0 aliphatic heterocycles. The van der Waals surface area contributed by atoms with Gasteiger partial charge in [0.2, 0.25) is 0 Å². The fourth-order valence-corrected chi connectivity index (χ4v) is 1.74. The van der Waals surface area contributed by atoms with Gasteiger partial charge in [0.1, 0.15) is 0 Å². The predicted molar refractivity (Wildman–Crippen MR) is 72.9 cm³/mol. The van der Waals surface area contributed by atoms with Crippen molar-refractivity contribution in [3.05, 3.63) is 35.4 Å². The Labute approximate surface area is 109 Å². The highest BCUT2D eigenvalue weighted by Crippen LogP contribution is 2.11. The van der Waals surface area contributed by atoms with Crippen LogP contribution in [0.3, 0.4) is 0 Å². The number of benzene rings is 1. The summed E-state index contributed by atoms with van der Waals surface area (Å²) in [7, 11) is 5.35. The van der Waals surface area contributed by atoms with Crippen molar-refractivity contribution in [1.82, 2.24) is 10.2 Å². The van der Waals surface area contributed by atoms with Crippen LogP contribution in [0.15, 0.2) is 24.3 Å². The first kappa shape index (κ1) is 14.7. The lowest BCUT2D eigenvalue weighted by Gasteiger charge is -2.18. The minimum Gasteiger partial charge on any atom is -0.383 e. The van der Waals surface area contributed by atoms with Crippen molar-refractivity contribution in [1.29, 1.82) is 0 Å². The molecule has 100 valence electrons. The molecule has 0 fully saturated rings. The highest BCUT2D eigenvalue weighted by atomic mass is 16.5. The van der Waals surface area contributed by atoms with Crippen molar-refractivity contribution in [2.45, 2.75) is 6.42 Å². The number of hydrogen-bond acceptors (Lipinski definition) is 3. The molecule has 1 rings (SSSR count). The summed E-state index contributed by atoms with van der Waals surface area (Å²) >= 11 is 0. The molecule has 0 aliphatic carbocycles. The second kappa shape index (κ2) is 7.84. The van der Waals surface area contributed by atoms with E-state index < -0.39 is 0 Å². The van der Waals surface area contributed by atoms with Gasteiger partial charge in [-0.2, -0.15) is 0 Å². The summed E-state index contributed by atoms with van der Waals surface area (Å²) < 4.78 is 4.99. The fourth-order valence-electron chi connectivity index (χ4n) is 1.74. The molecule has 4 heteroatoms. The molecule has 1 aromatic carbocycles. The summed E-state index contributed by atoms with van der Waals surface area (Å²) in [6.45, 7) is 2.03. The Bertz CT molecular complexity index is 380. The molecule has 18 heavy (non-hydrogen) atoms. The van der Waals surface area contributed by atoms with E-state index in [4.69, 9.17) is 4.74 Å². The van der Waals surface area contributed by atoms with Crippen LogP contribution >= 0.6 is 0 Å². The molecule has 0 heterocycles. The zero-order valence-corrected chi connectivity index (χ0v) is 11.4. The molecule has 0 saturated carbocycles. The van der Waals surface area contributed by atoms with Crippen molar-refractivity contribution < 1.29 is 9.53 Å². The SMILES string of the molecule is CNCCc1ccccc1C(=O)N(C)CCOC. The summed E-state index contributed by atoms with van der Waals surface area (Å²) in [5.41, 5.74) is 1.87. The van der Waals surface area contributed by atoms with E-state index in [-0.39, 0.29) is 5.91 Å². The van der Waals surface area contributed by atoms with Gasteiger partial charge in [0.25, 0.3) is 5.91 Å². The third kappa shape index (κ3) is 4.13. The number of likely N-dealkylation sites (N-methyl/N-ethyl adjacent to an activating group) is 2. The average Bonchev–Trinajstić information content (AvgIpc) is 2.42. The van der Waals surface area contributed by atoms with E-state index in [0.29, 0.717) is 13.2 Å². The molecule has 0 aromatic heterocycles. The van der Waals surface area contributed by atoms with Crippen LogP contribution in [0.2, 0.25) is 0 Å². The normalized spacial score (nSPS) is 10.4. The first-order valence-electron chi connectivity index (χ1n) is 6.17. The van der Waals surface area contributed by atoms with Crippen LogP contribution in [-0.2, 0) is 11.2 Å². The van der Waals surface area contributed by atoms with Gasteiger partial charge in [-0.1, -0.05) is 18.2 Å². The molecule has 1 aromatic rings. The first-order valence-corrected chi connectivity index (χ1v) is 6.17. The largest absolute Gasteiger partial charge is 0.383 e. The Morgan fingerprint density at radius 1 is 1.39 bits per heavy atom. The van der Waals surface area contributed by atoms with Gasteiger partial charge in [0.15, 0.2) is 0 Å². The van der Waals surface area contributed by atoms with Crippen LogP contribution in [0, 0.1) is 0 Å². The number of amides is 1. The van der Waals surface area contributed by atoms with Gasteiger partial charge in [-0.3, -0.25) is 4.79 Å². The van der Waals surface area contributed by atoms with E-state index in [2.05, 4.69) is 5.32 Å². The van der Waals surface area contributed by atoms with Crippen molar-refractivity contribution in [3.63, 3.8) is 0 Å². The summed E-state index contributed by atoms with van der Waals surface area (Å²) in [4.78, 5) is 14.0. The zero-order chi connectivity index (χ0) is 13.4. The molecular weight excluding hydrogens is 228 g/mol. The van der Waals surface area contributed by atoms with Gasteiger partial charge in [0, 0.05) is 26.3 Å². The molecule has 1 amide bonds. The first-order chi connectivity index (χ1) is 8.70. The summed E-state index contributed by atoms with van der Waals surface area (Å²) in [5.74, 6) is 0.0544. The highest BCUT2D eigenvalue weighted by molar-refractivity contribution is 5.95. The summed E-state index contributed by atoms with van der Waals surface area (Å²) in [6, 6.07) is 7.77. The molecule has 0 atom stereocenters. The maximum absolute atomic E-state index is 12.3. The summed E-state index contributed by atoms with van der Waals surface area (Å²) in [6.07, 6.45) is 0.858. The van der Waals surface area contributed by atoms with Gasteiger partial charge < -0.3 is 15.0 Å². The standard InChI is InChI=1S/C14H22N2O2/c1-15-9-8-12-6-4-5-7-13(12)14(17)16(2)10-11-18-3/h4-7,15H,8-11H2,1-3H3. The Hall–Kier alpha value is -1.39. The van der Waals surface area contributed by atoms with Gasteiger partial charge in [-0.05, 0) is 31.6 Å². The van der Waals surface area contributed by atoms with E-state index >= 15 is 0 Å². The molecule has 0 radical (unpaired) electrons. The Kier molecular flexibility index (Phi) is 6.39. The highest BCUT2D eigenvalue weighted by Gasteiger charge is 2.14. The number of carbonyl (C=O) groups is 1. The smallest absolute Gasteiger partial charge is 0.253 e. The lowest BCUT2D eigenvalue weighted by atomic mass is 10.0. The maximum atomic E-state index is 12.3. The molecule has 0 spiro atoms. The molecule has 1 N–H and O–H groups in total. The minimum absolute atomic E-state index is 0.0544. The van der Waals surface area contributed by atoms with E-state index in [1.165, 1.54) is 0 Å². The van der Waals surface area contributed by atoms with Gasteiger partial charge in [0.05, 0.1) is 6.61 Å². The Balaban J connectivity index is 2.77. The summed E-state index contributed by atoms with van der Waals surface area (Å²) in [5, 5.41) is 3.10. The van der Waals surface area contributed by atoms with Gasteiger partial charge in [-0.25, -0.2) is 0 Å². The van der Waals surface area contributed by atoms with Gasteiger partial charge >= 0.3 is 0 Å². The monoisotopic (exact) mass is 250 g/mol. The van der Waals surface area contributed by atoms with Crippen molar-refractivity contribution in [2.75, 3.05) is 40.9 Å². The molecule has 0 saturated heterocycles. The fraction of sp³-hybridized carbons (Fsp3) is 0.500. The zero-order valence-electron chi connectivity index (χ0n) is 11.4. The Morgan fingerprint density at radius 3 is 2.78 bits per heavy atom. The number of nitrogens with zero attached hydrogens (tertiary/aromatic N) is 1. The van der Waals surface area contributed by atoms with E-state index in [9.17, 15) is 4.79 Å². The molecule has 0 bridgehead atoms. The van der Waals surface area contributed by atoms with E-state index in [0.717, 1.165) is 24.1 Å². The number of rotatable bonds is 7. The third-order valence-corrected chi connectivity index (χ3v) is 2.87. The van der Waals surface area contributed by atoms with Crippen LogP contribution < -0.4 is 5.32 Å². The molecule has 0 aliphatic rings. The lowest BCUT2D eigenvalue weighted by molar-refractivity contribution is 0.0743.